The Kier molecular flexibility index (Phi) is 5.06. The second-order valence-electron chi connectivity index (χ2n) is 6.54. The average molecular weight is 305 g/mol. The highest BCUT2D eigenvalue weighted by atomic mass is 16.5. The first-order chi connectivity index (χ1) is 10.4. The zero-order chi connectivity index (χ0) is 16.3. The summed E-state index contributed by atoms with van der Waals surface area (Å²) in [7, 11) is 1.81. The number of ether oxygens (including phenoxy) is 1. The first kappa shape index (κ1) is 16.7. The van der Waals surface area contributed by atoms with Crippen LogP contribution in [0.3, 0.4) is 0 Å². The van der Waals surface area contributed by atoms with Gasteiger partial charge in [-0.05, 0) is 32.4 Å². The van der Waals surface area contributed by atoms with Crippen LogP contribution in [-0.2, 0) is 4.74 Å². The third-order valence-electron chi connectivity index (χ3n) is 4.86. The Balaban J connectivity index is 1.93. The number of hydrogen-bond acceptors (Lipinski definition) is 3. The highest BCUT2D eigenvalue weighted by Crippen LogP contribution is 2.42. The van der Waals surface area contributed by atoms with Gasteiger partial charge in [0.1, 0.15) is 0 Å². The molecule has 5 heteroatoms. The van der Waals surface area contributed by atoms with Gasteiger partial charge in [-0.15, -0.1) is 0 Å². The van der Waals surface area contributed by atoms with E-state index in [4.69, 9.17) is 4.74 Å². The molecule has 3 atom stereocenters. The minimum absolute atomic E-state index is 0.0270. The molecule has 1 saturated carbocycles. The van der Waals surface area contributed by atoms with Gasteiger partial charge in [0.25, 0.3) is 0 Å². The fourth-order valence-corrected chi connectivity index (χ4v) is 2.86. The molecular weight excluding hydrogens is 278 g/mol. The lowest BCUT2D eigenvalue weighted by Gasteiger charge is -2.51. The van der Waals surface area contributed by atoms with Gasteiger partial charge in [0.05, 0.1) is 17.8 Å². The van der Waals surface area contributed by atoms with Crippen LogP contribution >= 0.6 is 0 Å². The number of aromatic nitrogens is 1. The first-order valence-electron chi connectivity index (χ1n) is 7.93. The fourth-order valence-electron chi connectivity index (χ4n) is 2.86. The molecule has 0 aliphatic heterocycles. The van der Waals surface area contributed by atoms with Gasteiger partial charge >= 0.3 is 6.03 Å². The Morgan fingerprint density at radius 1 is 1.55 bits per heavy atom. The normalized spacial score (nSPS) is 24.2. The smallest absolute Gasteiger partial charge is 0.317 e. The van der Waals surface area contributed by atoms with Crippen LogP contribution in [0.4, 0.5) is 4.79 Å². The second kappa shape index (κ2) is 6.65. The Morgan fingerprint density at radius 2 is 2.27 bits per heavy atom. The lowest BCUT2D eigenvalue weighted by molar-refractivity contribution is -0.111. The zero-order valence-corrected chi connectivity index (χ0v) is 14.2. The summed E-state index contributed by atoms with van der Waals surface area (Å²) in [5.74, 6) is 0. The number of amides is 2. The summed E-state index contributed by atoms with van der Waals surface area (Å²) >= 11 is 0. The van der Waals surface area contributed by atoms with Gasteiger partial charge in [-0.3, -0.25) is 4.98 Å². The van der Waals surface area contributed by atoms with Crippen LogP contribution in [-0.4, -0.2) is 41.7 Å². The van der Waals surface area contributed by atoms with Crippen molar-refractivity contribution in [1.82, 2.24) is 15.2 Å². The Labute approximate surface area is 133 Å². The Morgan fingerprint density at radius 3 is 2.82 bits per heavy atom. The van der Waals surface area contributed by atoms with Crippen molar-refractivity contribution in [2.45, 2.75) is 52.3 Å². The molecule has 0 spiro atoms. The molecule has 1 aliphatic carbocycles. The van der Waals surface area contributed by atoms with Crippen molar-refractivity contribution >= 4 is 6.03 Å². The van der Waals surface area contributed by atoms with Gasteiger partial charge in [0.2, 0.25) is 0 Å². The maximum absolute atomic E-state index is 12.5. The molecule has 5 nitrogen and oxygen atoms in total. The van der Waals surface area contributed by atoms with Gasteiger partial charge in [0, 0.05) is 31.3 Å². The number of carbonyl (C=O) groups excluding carboxylic acids is 1. The number of urea groups is 1. The molecule has 0 saturated heterocycles. The largest absolute Gasteiger partial charge is 0.378 e. The van der Waals surface area contributed by atoms with Crippen molar-refractivity contribution < 1.29 is 9.53 Å². The highest BCUT2D eigenvalue weighted by molar-refractivity contribution is 5.75. The summed E-state index contributed by atoms with van der Waals surface area (Å²) < 4.78 is 5.71. The number of rotatable bonds is 5. The SMILES string of the molecule is CCO[C@@H]1C[C@@H](NC(=O)N(C)[C@@H](C)c2ccccn2)C1(C)C. The molecule has 1 aromatic heterocycles. The quantitative estimate of drug-likeness (QED) is 0.910. The lowest BCUT2D eigenvalue weighted by atomic mass is 9.64. The topological polar surface area (TPSA) is 54.5 Å². The fraction of sp³-hybridized carbons (Fsp3) is 0.647. The highest BCUT2D eigenvalue weighted by Gasteiger charge is 2.49. The van der Waals surface area contributed by atoms with E-state index in [0.717, 1.165) is 12.1 Å². The van der Waals surface area contributed by atoms with Gasteiger partial charge in [-0.25, -0.2) is 4.79 Å². The summed E-state index contributed by atoms with van der Waals surface area (Å²) in [4.78, 5) is 18.5. The van der Waals surface area contributed by atoms with E-state index < -0.39 is 0 Å². The van der Waals surface area contributed by atoms with Crippen LogP contribution in [0.25, 0.3) is 0 Å². The first-order valence-corrected chi connectivity index (χ1v) is 7.93. The van der Waals surface area contributed by atoms with Gasteiger partial charge in [0.15, 0.2) is 0 Å². The second-order valence-corrected chi connectivity index (χ2v) is 6.54. The minimum atomic E-state index is -0.0637. The van der Waals surface area contributed by atoms with Crippen molar-refractivity contribution in [3.63, 3.8) is 0 Å². The lowest BCUT2D eigenvalue weighted by Crippen LogP contribution is -2.63. The molecule has 2 amide bonds. The van der Waals surface area contributed by atoms with Crippen molar-refractivity contribution in [2.24, 2.45) is 5.41 Å². The summed E-state index contributed by atoms with van der Waals surface area (Å²) in [5, 5.41) is 3.12. The summed E-state index contributed by atoms with van der Waals surface area (Å²) in [6.07, 6.45) is 2.85. The maximum Gasteiger partial charge on any atom is 0.317 e. The molecule has 1 fully saturated rings. The summed E-state index contributed by atoms with van der Waals surface area (Å²) in [6, 6.07) is 5.77. The van der Waals surface area contributed by atoms with Gasteiger partial charge in [-0.1, -0.05) is 19.9 Å². The van der Waals surface area contributed by atoms with E-state index in [2.05, 4.69) is 24.1 Å². The third-order valence-corrected chi connectivity index (χ3v) is 4.86. The van der Waals surface area contributed by atoms with Gasteiger partial charge < -0.3 is 15.0 Å². The van der Waals surface area contributed by atoms with Crippen LogP contribution in [0.15, 0.2) is 24.4 Å². The number of pyridine rings is 1. The number of carbonyl (C=O) groups is 1. The van der Waals surface area contributed by atoms with E-state index in [1.54, 1.807) is 18.1 Å². The van der Waals surface area contributed by atoms with Crippen LogP contribution in [0.5, 0.6) is 0 Å². The third kappa shape index (κ3) is 3.24. The van der Waals surface area contributed by atoms with Crippen molar-refractivity contribution in [1.29, 1.82) is 0 Å². The molecule has 22 heavy (non-hydrogen) atoms. The van der Waals surface area contributed by atoms with E-state index in [1.165, 1.54) is 0 Å². The predicted molar refractivity (Wildman–Crippen MR) is 86.5 cm³/mol. The number of nitrogens with zero attached hydrogens (tertiary/aromatic N) is 2. The molecule has 1 N–H and O–H groups in total. The number of hydrogen-bond donors (Lipinski definition) is 1. The van der Waals surface area contributed by atoms with E-state index in [9.17, 15) is 4.79 Å². The predicted octanol–water partition coefficient (Wildman–Crippen LogP) is 2.99. The average Bonchev–Trinajstić information content (AvgIpc) is 2.53. The van der Waals surface area contributed by atoms with E-state index >= 15 is 0 Å². The molecule has 1 heterocycles. The Hall–Kier alpha value is -1.62. The van der Waals surface area contributed by atoms with Crippen molar-refractivity contribution in [2.75, 3.05) is 13.7 Å². The Bertz CT molecular complexity index is 504. The minimum Gasteiger partial charge on any atom is -0.378 e. The van der Waals surface area contributed by atoms with Crippen molar-refractivity contribution in [3.05, 3.63) is 30.1 Å². The number of nitrogens with one attached hydrogen (secondary N) is 1. The van der Waals surface area contributed by atoms with Crippen LogP contribution in [0.2, 0.25) is 0 Å². The molecule has 2 rings (SSSR count). The van der Waals surface area contributed by atoms with E-state index in [1.807, 2.05) is 32.0 Å². The van der Waals surface area contributed by atoms with Crippen molar-refractivity contribution in [3.8, 4) is 0 Å². The maximum atomic E-state index is 12.5. The standard InChI is InChI=1S/C17H27N3O2/c1-6-22-15-11-14(17(15,3)4)19-16(21)20(5)12(2)13-9-7-8-10-18-13/h7-10,12,14-15H,6,11H2,1-5H3,(H,19,21)/t12-,14+,15+/m0/s1. The van der Waals surface area contributed by atoms with Gasteiger partial charge in [-0.2, -0.15) is 0 Å². The van der Waals surface area contributed by atoms with Crippen LogP contribution in [0, 0.1) is 5.41 Å². The summed E-state index contributed by atoms with van der Waals surface area (Å²) in [6.45, 7) is 8.99. The molecule has 122 valence electrons. The molecule has 0 unspecified atom stereocenters. The molecule has 0 radical (unpaired) electrons. The van der Waals surface area contributed by atoms with Crippen LogP contribution in [0.1, 0.15) is 45.9 Å². The molecule has 0 aromatic carbocycles. The molecule has 1 aromatic rings. The molecule has 0 bridgehead atoms. The van der Waals surface area contributed by atoms with E-state index in [-0.39, 0.29) is 29.6 Å². The van der Waals surface area contributed by atoms with Crippen LogP contribution < -0.4 is 5.32 Å². The molecular formula is C17H27N3O2. The van der Waals surface area contributed by atoms with E-state index in [0.29, 0.717) is 6.61 Å². The molecule has 1 aliphatic rings. The monoisotopic (exact) mass is 305 g/mol. The zero-order valence-electron chi connectivity index (χ0n) is 14.2. The summed E-state index contributed by atoms with van der Waals surface area (Å²) in [5.41, 5.74) is 0.862.